The van der Waals surface area contributed by atoms with Gasteiger partial charge < -0.3 is 23.7 Å². The molecule has 1 aliphatic rings. The number of rotatable bonds is 5. The van der Waals surface area contributed by atoms with Crippen LogP contribution >= 0.6 is 0 Å². The van der Waals surface area contributed by atoms with Crippen LogP contribution < -0.4 is 9.47 Å². The maximum absolute atomic E-state index is 12.9. The molecule has 29 heavy (non-hydrogen) atoms. The monoisotopic (exact) mass is 404 g/mol. The Kier molecular flexibility index (Phi) is 8.89. The van der Waals surface area contributed by atoms with Crippen molar-refractivity contribution in [2.45, 2.75) is 38.4 Å². The van der Waals surface area contributed by atoms with Gasteiger partial charge in [-0.15, -0.1) is 0 Å². The number of hydrogen-bond donors (Lipinski definition) is 0. The summed E-state index contributed by atoms with van der Waals surface area (Å²) in [6.45, 7) is 1.74. The van der Waals surface area contributed by atoms with E-state index < -0.39 is 18.2 Å². The van der Waals surface area contributed by atoms with E-state index in [0.717, 1.165) is 0 Å². The second-order valence-corrected chi connectivity index (χ2v) is 6.60. The van der Waals surface area contributed by atoms with Crippen molar-refractivity contribution >= 4 is 17.8 Å². The summed E-state index contributed by atoms with van der Waals surface area (Å²) in [4.78, 5) is 25.1. The maximum atomic E-state index is 12.9. The summed E-state index contributed by atoms with van der Waals surface area (Å²) < 4.78 is 26.8. The van der Waals surface area contributed by atoms with Crippen LogP contribution in [0.1, 0.15) is 42.1 Å². The van der Waals surface area contributed by atoms with Crippen molar-refractivity contribution in [1.82, 2.24) is 0 Å². The molecule has 0 radical (unpaired) electrons. The second-order valence-electron chi connectivity index (χ2n) is 6.60. The van der Waals surface area contributed by atoms with Gasteiger partial charge in [0.1, 0.15) is 29.3 Å². The number of fused-ring (bicyclic) bond motifs is 1. The number of benzene rings is 1. The molecule has 2 rings (SSSR count). The molecule has 0 unspecified atom stereocenters. The van der Waals surface area contributed by atoms with E-state index >= 15 is 0 Å². The van der Waals surface area contributed by atoms with E-state index in [4.69, 9.17) is 23.7 Å². The van der Waals surface area contributed by atoms with Crippen molar-refractivity contribution in [3.8, 4) is 11.5 Å². The molecule has 0 spiro atoms. The van der Waals surface area contributed by atoms with Gasteiger partial charge in [-0.1, -0.05) is 18.2 Å². The van der Waals surface area contributed by atoms with Gasteiger partial charge in [-0.05, 0) is 37.5 Å². The Bertz CT molecular complexity index is 767. The van der Waals surface area contributed by atoms with Crippen LogP contribution in [0.4, 0.5) is 0 Å². The molecule has 0 saturated carbocycles. The predicted molar refractivity (Wildman–Crippen MR) is 108 cm³/mol. The lowest BCUT2D eigenvalue weighted by Gasteiger charge is -2.18. The Labute approximate surface area is 171 Å². The first-order valence-corrected chi connectivity index (χ1v) is 9.44. The van der Waals surface area contributed by atoms with Crippen LogP contribution in [0, 0.1) is 0 Å². The molecule has 0 bridgehead atoms. The summed E-state index contributed by atoms with van der Waals surface area (Å²) in [5.74, 6) is 0.233. The van der Waals surface area contributed by atoms with Gasteiger partial charge in [-0.25, -0.2) is 4.79 Å². The number of esters is 1. The number of ketones is 1. The lowest BCUT2D eigenvalue weighted by Crippen LogP contribution is -2.21. The molecule has 7 nitrogen and oxygen atoms in total. The first-order valence-electron chi connectivity index (χ1n) is 9.44. The lowest BCUT2D eigenvalue weighted by atomic mass is 10.0. The number of ether oxygens (including phenoxy) is 5. The van der Waals surface area contributed by atoms with Gasteiger partial charge >= 0.3 is 5.97 Å². The molecular weight excluding hydrogens is 376 g/mol. The van der Waals surface area contributed by atoms with Gasteiger partial charge in [-0.3, -0.25) is 4.79 Å². The average Bonchev–Trinajstić information content (AvgIpc) is 2.70. The van der Waals surface area contributed by atoms with Crippen LogP contribution in [-0.4, -0.2) is 52.1 Å². The number of carbonyl (C=O) groups is 2. The Morgan fingerprint density at radius 2 is 1.90 bits per heavy atom. The predicted octanol–water partition coefficient (Wildman–Crippen LogP) is 3.56. The van der Waals surface area contributed by atoms with E-state index in [-0.39, 0.29) is 12.6 Å². The van der Waals surface area contributed by atoms with Crippen LogP contribution in [0.3, 0.4) is 0 Å². The fraction of sp³-hybridized carbons (Fsp3) is 0.455. The van der Waals surface area contributed by atoms with Crippen molar-refractivity contribution < 1.29 is 33.3 Å². The summed E-state index contributed by atoms with van der Waals surface area (Å²) in [5.41, 5.74) is 0.895. The summed E-state index contributed by atoms with van der Waals surface area (Å²) in [7, 11) is 4.56. The minimum Gasteiger partial charge on any atom is -0.497 e. The Balaban J connectivity index is 2.46. The number of carbonyl (C=O) groups excluding carboxylic acids is 2. The first-order chi connectivity index (χ1) is 14.0. The Morgan fingerprint density at radius 3 is 2.59 bits per heavy atom. The molecule has 2 atom stereocenters. The normalized spacial score (nSPS) is 22.8. The first kappa shape index (κ1) is 22.6. The van der Waals surface area contributed by atoms with Gasteiger partial charge in [0, 0.05) is 26.7 Å². The zero-order valence-electron chi connectivity index (χ0n) is 17.3. The van der Waals surface area contributed by atoms with Crippen molar-refractivity contribution in [3.05, 3.63) is 41.5 Å². The Morgan fingerprint density at radius 1 is 1.10 bits per heavy atom. The molecule has 1 aliphatic heterocycles. The van der Waals surface area contributed by atoms with Crippen molar-refractivity contribution in [2.75, 3.05) is 28.1 Å². The third-order valence-corrected chi connectivity index (χ3v) is 4.43. The molecule has 1 heterocycles. The zero-order chi connectivity index (χ0) is 21.2. The quantitative estimate of drug-likeness (QED) is 0.548. The Hall–Kier alpha value is -2.64. The topological polar surface area (TPSA) is 80.3 Å². The summed E-state index contributed by atoms with van der Waals surface area (Å²) in [6, 6.07) is 3.36. The molecule has 0 fully saturated rings. The molecule has 0 saturated heterocycles. The highest BCUT2D eigenvalue weighted by atomic mass is 16.7. The second kappa shape index (κ2) is 11.4. The fourth-order valence-corrected chi connectivity index (χ4v) is 2.92. The average molecular weight is 404 g/mol. The molecule has 0 aromatic heterocycles. The van der Waals surface area contributed by atoms with E-state index in [2.05, 4.69) is 0 Å². The third-order valence-electron chi connectivity index (χ3n) is 4.43. The smallest absolute Gasteiger partial charge is 0.342 e. The molecule has 0 N–H and O–H groups in total. The highest BCUT2D eigenvalue weighted by molar-refractivity contribution is 5.97. The molecular formula is C22H28O7. The van der Waals surface area contributed by atoms with Crippen LogP contribution in [0.15, 0.2) is 30.4 Å². The van der Waals surface area contributed by atoms with Crippen molar-refractivity contribution in [3.63, 3.8) is 0 Å². The largest absolute Gasteiger partial charge is 0.497 e. The highest BCUT2D eigenvalue weighted by Crippen LogP contribution is 2.31. The van der Waals surface area contributed by atoms with E-state index in [1.165, 1.54) is 27.4 Å². The number of cyclic esters (lactones) is 1. The van der Waals surface area contributed by atoms with E-state index in [1.807, 2.05) is 6.08 Å². The van der Waals surface area contributed by atoms with E-state index in [9.17, 15) is 9.59 Å². The summed E-state index contributed by atoms with van der Waals surface area (Å²) in [5, 5.41) is 0. The van der Waals surface area contributed by atoms with Crippen LogP contribution in [0.2, 0.25) is 0 Å². The third kappa shape index (κ3) is 6.44. The maximum Gasteiger partial charge on any atom is 0.342 e. The van der Waals surface area contributed by atoms with Gasteiger partial charge in [0.2, 0.25) is 0 Å². The number of allylic oxidation sites excluding steroid dienone is 1. The minimum atomic E-state index is -0.516. The van der Waals surface area contributed by atoms with Gasteiger partial charge in [0.05, 0.1) is 7.11 Å². The van der Waals surface area contributed by atoms with E-state index in [0.29, 0.717) is 41.9 Å². The van der Waals surface area contributed by atoms with Gasteiger partial charge in [-0.2, -0.15) is 0 Å². The highest BCUT2D eigenvalue weighted by Gasteiger charge is 2.22. The number of methoxy groups -OCH3 is 3. The van der Waals surface area contributed by atoms with Crippen LogP contribution in [-0.2, 0) is 19.0 Å². The van der Waals surface area contributed by atoms with Gasteiger partial charge in [0.15, 0.2) is 12.6 Å². The SMILES string of the molecule is COCOc1cc(OC)cc2c1C(=O)O[C@@H](C)C/C=C\C(=O)[C@@H](OC)CC/C=C/2. The lowest BCUT2D eigenvalue weighted by molar-refractivity contribution is -0.124. The molecule has 7 heteroatoms. The zero-order valence-corrected chi connectivity index (χ0v) is 17.3. The van der Waals surface area contributed by atoms with Crippen LogP contribution in [0.5, 0.6) is 11.5 Å². The summed E-state index contributed by atoms with van der Waals surface area (Å²) in [6.07, 6.45) is 7.45. The minimum absolute atomic E-state index is 0.0213. The van der Waals surface area contributed by atoms with Crippen molar-refractivity contribution in [1.29, 1.82) is 0 Å². The molecule has 0 aliphatic carbocycles. The van der Waals surface area contributed by atoms with Crippen molar-refractivity contribution in [2.24, 2.45) is 0 Å². The fourth-order valence-electron chi connectivity index (χ4n) is 2.92. The van der Waals surface area contributed by atoms with Gasteiger partial charge in [0.25, 0.3) is 0 Å². The summed E-state index contributed by atoms with van der Waals surface area (Å²) >= 11 is 0. The number of hydrogen-bond acceptors (Lipinski definition) is 7. The molecule has 1 aromatic rings. The van der Waals surface area contributed by atoms with E-state index in [1.54, 1.807) is 31.2 Å². The standard InChI is InChI=1S/C22H28O7/c1-15-8-7-10-18(23)19(27-4)11-6-5-9-16-12-17(26-3)13-20(28-14-25-2)21(16)22(24)29-15/h5,7,9-10,12-13,15,19H,6,8,11,14H2,1-4H3/b9-5+,10-7-/t15-,19-/m0/s1. The molecule has 158 valence electrons. The molecule has 0 amide bonds. The van der Waals surface area contributed by atoms with Crippen LogP contribution in [0.25, 0.3) is 6.08 Å². The molecule has 1 aromatic carbocycles.